The Morgan fingerprint density at radius 1 is 0.867 bits per heavy atom. The standard InChI is InChI=1S/C25H22N2O3/c1-17(28)30-22-21(18-11-5-2-6-12-18)27(24(22)29)25(20-15-9-4-10-16-20)23(26-25)19-13-7-3-8-14-19/h2-16,21-23,26H,1H3. The number of esters is 1. The lowest BCUT2D eigenvalue weighted by molar-refractivity contribution is -0.190. The molecular weight excluding hydrogens is 376 g/mol. The van der Waals surface area contributed by atoms with Crippen molar-refractivity contribution in [1.29, 1.82) is 0 Å². The van der Waals surface area contributed by atoms with Gasteiger partial charge in [-0.2, -0.15) is 0 Å². The van der Waals surface area contributed by atoms with Gasteiger partial charge in [0, 0.05) is 6.92 Å². The summed E-state index contributed by atoms with van der Waals surface area (Å²) in [4.78, 5) is 26.9. The summed E-state index contributed by atoms with van der Waals surface area (Å²) in [5, 5.41) is 3.59. The Hall–Kier alpha value is -3.44. The normalized spacial score (nSPS) is 27.3. The molecule has 2 heterocycles. The number of rotatable bonds is 5. The number of hydrogen-bond acceptors (Lipinski definition) is 4. The first-order valence-electron chi connectivity index (χ1n) is 10.1. The second-order valence-electron chi connectivity index (χ2n) is 7.71. The van der Waals surface area contributed by atoms with Gasteiger partial charge in [0.1, 0.15) is 11.7 Å². The van der Waals surface area contributed by atoms with Crippen LogP contribution in [0.2, 0.25) is 0 Å². The topological polar surface area (TPSA) is 68.6 Å². The summed E-state index contributed by atoms with van der Waals surface area (Å²) < 4.78 is 5.44. The van der Waals surface area contributed by atoms with Crippen LogP contribution in [0.4, 0.5) is 0 Å². The molecule has 1 N–H and O–H groups in total. The number of β-lactam (4-membered cyclic amide) rings is 1. The third kappa shape index (κ3) is 2.82. The minimum atomic E-state index is -0.815. The van der Waals surface area contributed by atoms with E-state index in [0.29, 0.717) is 0 Å². The highest BCUT2D eigenvalue weighted by Gasteiger charge is 2.69. The van der Waals surface area contributed by atoms with Gasteiger partial charge in [-0.25, -0.2) is 0 Å². The number of amides is 1. The first-order valence-corrected chi connectivity index (χ1v) is 10.1. The maximum absolute atomic E-state index is 13.3. The smallest absolute Gasteiger partial charge is 0.303 e. The van der Waals surface area contributed by atoms with E-state index < -0.39 is 17.7 Å². The minimum Gasteiger partial charge on any atom is -0.450 e. The molecule has 5 nitrogen and oxygen atoms in total. The SMILES string of the molecule is CC(=O)OC1C(=O)N(C2(c3ccccc3)NC2c2ccccc2)C1c1ccccc1. The minimum absolute atomic E-state index is 0.0467. The molecular formula is C25H22N2O3. The van der Waals surface area contributed by atoms with E-state index in [1.165, 1.54) is 6.92 Å². The summed E-state index contributed by atoms with van der Waals surface area (Å²) in [6.45, 7) is 1.34. The van der Waals surface area contributed by atoms with Crippen molar-refractivity contribution in [2.45, 2.75) is 30.8 Å². The van der Waals surface area contributed by atoms with Crippen molar-refractivity contribution in [3.63, 3.8) is 0 Å². The molecule has 3 aromatic carbocycles. The van der Waals surface area contributed by atoms with Crippen LogP contribution in [0.3, 0.4) is 0 Å². The Morgan fingerprint density at radius 3 is 1.97 bits per heavy atom. The van der Waals surface area contributed by atoms with E-state index in [1.54, 1.807) is 0 Å². The van der Waals surface area contributed by atoms with Gasteiger partial charge in [-0.1, -0.05) is 91.0 Å². The molecule has 0 radical (unpaired) electrons. The maximum Gasteiger partial charge on any atom is 0.303 e. The van der Waals surface area contributed by atoms with Crippen LogP contribution < -0.4 is 5.32 Å². The molecule has 2 aliphatic rings. The van der Waals surface area contributed by atoms with Crippen LogP contribution in [-0.4, -0.2) is 22.9 Å². The largest absolute Gasteiger partial charge is 0.450 e. The fraction of sp³-hybridized carbons (Fsp3) is 0.200. The van der Waals surface area contributed by atoms with Crippen molar-refractivity contribution in [2.75, 3.05) is 0 Å². The molecule has 5 heteroatoms. The molecule has 30 heavy (non-hydrogen) atoms. The highest BCUT2D eigenvalue weighted by Crippen LogP contribution is 2.58. The molecule has 0 aromatic heterocycles. The molecule has 0 spiro atoms. The quantitative estimate of drug-likeness (QED) is 0.404. The van der Waals surface area contributed by atoms with E-state index in [2.05, 4.69) is 17.4 Å². The molecule has 5 rings (SSSR count). The lowest BCUT2D eigenvalue weighted by atomic mass is 9.84. The van der Waals surface area contributed by atoms with Crippen LogP contribution in [0.25, 0.3) is 0 Å². The number of benzene rings is 3. The predicted octanol–water partition coefficient (Wildman–Crippen LogP) is 3.70. The van der Waals surface area contributed by atoms with E-state index in [-0.39, 0.29) is 18.0 Å². The fourth-order valence-electron chi connectivity index (χ4n) is 4.56. The van der Waals surface area contributed by atoms with Crippen molar-refractivity contribution in [3.8, 4) is 0 Å². The Kier molecular flexibility index (Phi) is 4.40. The van der Waals surface area contributed by atoms with Gasteiger partial charge in [0.25, 0.3) is 5.91 Å². The van der Waals surface area contributed by atoms with Crippen LogP contribution in [0.15, 0.2) is 91.0 Å². The molecule has 4 atom stereocenters. The van der Waals surface area contributed by atoms with Gasteiger partial charge in [-0.3, -0.25) is 14.9 Å². The molecule has 0 bridgehead atoms. The molecule has 1 amide bonds. The summed E-state index contributed by atoms with van der Waals surface area (Å²) in [7, 11) is 0. The first-order chi connectivity index (χ1) is 14.6. The second-order valence-corrected chi connectivity index (χ2v) is 7.71. The van der Waals surface area contributed by atoms with Gasteiger partial charge < -0.3 is 9.64 Å². The van der Waals surface area contributed by atoms with E-state index >= 15 is 0 Å². The average molecular weight is 398 g/mol. The zero-order valence-electron chi connectivity index (χ0n) is 16.6. The predicted molar refractivity (Wildman–Crippen MR) is 112 cm³/mol. The van der Waals surface area contributed by atoms with Crippen LogP contribution in [0.5, 0.6) is 0 Å². The third-order valence-electron chi connectivity index (χ3n) is 5.91. The summed E-state index contributed by atoms with van der Waals surface area (Å²) in [5.41, 5.74) is 2.38. The van der Waals surface area contributed by atoms with Crippen LogP contribution >= 0.6 is 0 Å². The number of nitrogens with zero attached hydrogens (tertiary/aromatic N) is 1. The number of hydrogen-bond donors (Lipinski definition) is 1. The van der Waals surface area contributed by atoms with E-state index in [9.17, 15) is 9.59 Å². The summed E-state index contributed by atoms with van der Waals surface area (Å²) in [6, 6.07) is 29.4. The highest BCUT2D eigenvalue weighted by molar-refractivity contribution is 5.92. The number of nitrogens with one attached hydrogen (secondary N) is 1. The van der Waals surface area contributed by atoms with Crippen molar-refractivity contribution < 1.29 is 14.3 Å². The maximum atomic E-state index is 13.3. The summed E-state index contributed by atoms with van der Waals surface area (Å²) >= 11 is 0. The number of ether oxygens (including phenoxy) is 1. The van der Waals surface area contributed by atoms with Gasteiger partial charge in [-0.05, 0) is 16.7 Å². The van der Waals surface area contributed by atoms with E-state index in [4.69, 9.17) is 4.74 Å². The molecule has 4 unspecified atom stereocenters. The monoisotopic (exact) mass is 398 g/mol. The van der Waals surface area contributed by atoms with Gasteiger partial charge in [-0.15, -0.1) is 0 Å². The van der Waals surface area contributed by atoms with Crippen LogP contribution in [0, 0.1) is 0 Å². The second kappa shape index (κ2) is 7.11. The van der Waals surface area contributed by atoms with E-state index in [1.807, 2.05) is 83.8 Å². The van der Waals surface area contributed by atoms with Gasteiger partial charge in [0.2, 0.25) is 6.10 Å². The van der Waals surface area contributed by atoms with Crippen LogP contribution in [-0.2, 0) is 20.0 Å². The molecule has 2 saturated heterocycles. The van der Waals surface area contributed by atoms with Crippen molar-refractivity contribution in [2.24, 2.45) is 0 Å². The van der Waals surface area contributed by atoms with Crippen molar-refractivity contribution >= 4 is 11.9 Å². The zero-order chi connectivity index (χ0) is 20.7. The number of carbonyl (C=O) groups is 2. The molecule has 0 saturated carbocycles. The number of carbonyl (C=O) groups excluding carboxylic acids is 2. The number of likely N-dealkylation sites (tertiary alicyclic amines) is 1. The Morgan fingerprint density at radius 2 is 1.40 bits per heavy atom. The zero-order valence-corrected chi connectivity index (χ0v) is 16.6. The van der Waals surface area contributed by atoms with E-state index in [0.717, 1.165) is 16.7 Å². The van der Waals surface area contributed by atoms with Crippen molar-refractivity contribution in [1.82, 2.24) is 10.2 Å². The average Bonchev–Trinajstić information content (AvgIpc) is 3.53. The van der Waals surface area contributed by atoms with Gasteiger partial charge in [0.05, 0.1) is 6.04 Å². The summed E-state index contributed by atoms with van der Waals surface area (Å²) in [5.74, 6) is -0.639. The molecule has 150 valence electrons. The lowest BCUT2D eigenvalue weighted by Gasteiger charge is -2.50. The highest BCUT2D eigenvalue weighted by atomic mass is 16.6. The molecule has 2 aliphatic heterocycles. The lowest BCUT2D eigenvalue weighted by Crippen LogP contribution is -2.65. The Labute approximate surface area is 175 Å². The fourth-order valence-corrected chi connectivity index (χ4v) is 4.56. The first kappa shape index (κ1) is 18.6. The molecule has 2 fully saturated rings. The third-order valence-corrected chi connectivity index (χ3v) is 5.91. The molecule has 0 aliphatic carbocycles. The molecule has 3 aromatic rings. The Balaban J connectivity index is 1.60. The summed E-state index contributed by atoms with van der Waals surface area (Å²) in [6.07, 6.45) is -0.815. The van der Waals surface area contributed by atoms with Gasteiger partial charge in [0.15, 0.2) is 0 Å². The van der Waals surface area contributed by atoms with Crippen molar-refractivity contribution in [3.05, 3.63) is 108 Å². The van der Waals surface area contributed by atoms with Crippen LogP contribution in [0.1, 0.15) is 35.7 Å². The van der Waals surface area contributed by atoms with Gasteiger partial charge >= 0.3 is 5.97 Å². The Bertz CT molecular complexity index is 1070.